The van der Waals surface area contributed by atoms with Gasteiger partial charge < -0.3 is 5.32 Å². The maximum Gasteiger partial charge on any atom is 0.220 e. The number of nitrogens with one attached hydrogen (secondary N) is 1. The van der Waals surface area contributed by atoms with E-state index in [4.69, 9.17) is 0 Å². The molecule has 3 aromatic rings. The van der Waals surface area contributed by atoms with E-state index in [1.54, 1.807) is 0 Å². The second-order valence-corrected chi connectivity index (χ2v) is 15.1. The lowest BCUT2D eigenvalue weighted by Gasteiger charge is -2.33. The van der Waals surface area contributed by atoms with Crippen molar-refractivity contribution in [3.63, 3.8) is 0 Å². The van der Waals surface area contributed by atoms with Gasteiger partial charge >= 0.3 is 0 Å². The average molecular weight is 517 g/mol. The van der Waals surface area contributed by atoms with Gasteiger partial charge in [-0.3, -0.25) is 4.79 Å². The van der Waals surface area contributed by atoms with Crippen molar-refractivity contribution in [2.24, 2.45) is 5.92 Å². The standard InChI is InChI=1S/C32H40N2O2P/c1-31(2)24-26(32(3,4)34(31)36)25-33-30(35)22-14-15-23-37(27-16-8-5-9-17-27,28-18-10-6-11-19-28)29-20-12-7-13-21-29/h5-13,16-21,26H,14-15,22-25H2,1-4H3/p+1. The Morgan fingerprint density at radius 3 is 1.68 bits per heavy atom. The van der Waals surface area contributed by atoms with Gasteiger partial charge in [-0.05, 0) is 89.3 Å². The number of carbonyl (C=O) groups is 1. The number of hydroxylamine groups is 2. The molecule has 1 N–H and O–H groups in total. The zero-order valence-electron chi connectivity index (χ0n) is 22.7. The van der Waals surface area contributed by atoms with E-state index in [0.717, 1.165) is 25.4 Å². The fourth-order valence-electron chi connectivity index (χ4n) is 6.05. The molecule has 37 heavy (non-hydrogen) atoms. The summed E-state index contributed by atoms with van der Waals surface area (Å²) in [6.07, 6.45) is 4.13. The van der Waals surface area contributed by atoms with Crippen LogP contribution >= 0.6 is 7.26 Å². The lowest BCUT2D eigenvalue weighted by atomic mass is 9.87. The minimum atomic E-state index is -1.86. The van der Waals surface area contributed by atoms with Crippen LogP contribution < -0.4 is 21.2 Å². The highest BCUT2D eigenvalue weighted by Gasteiger charge is 2.52. The van der Waals surface area contributed by atoms with Crippen LogP contribution in [-0.2, 0) is 10.0 Å². The minimum Gasteiger partial charge on any atom is -0.356 e. The first-order valence-corrected chi connectivity index (χ1v) is 15.4. The van der Waals surface area contributed by atoms with E-state index >= 15 is 0 Å². The molecule has 5 heteroatoms. The molecule has 0 aromatic heterocycles. The quantitative estimate of drug-likeness (QED) is 0.286. The van der Waals surface area contributed by atoms with Gasteiger partial charge in [-0.15, -0.1) is 10.3 Å². The average Bonchev–Trinajstić information content (AvgIpc) is 3.07. The number of hydrogen-bond acceptors (Lipinski definition) is 2. The predicted octanol–water partition coefficient (Wildman–Crippen LogP) is 5.49. The van der Waals surface area contributed by atoms with Gasteiger partial charge in [-0.1, -0.05) is 54.6 Å². The van der Waals surface area contributed by atoms with Crippen LogP contribution in [0.15, 0.2) is 91.0 Å². The summed E-state index contributed by atoms with van der Waals surface area (Å²) in [5, 5.41) is 21.2. The molecule has 4 rings (SSSR count). The van der Waals surface area contributed by atoms with Crippen LogP contribution in [0.1, 0.15) is 53.4 Å². The molecule has 1 aliphatic rings. The van der Waals surface area contributed by atoms with E-state index < -0.39 is 18.3 Å². The molecule has 1 unspecified atom stereocenters. The summed E-state index contributed by atoms with van der Waals surface area (Å²) >= 11 is 0. The third-order valence-electron chi connectivity index (χ3n) is 8.10. The van der Waals surface area contributed by atoms with E-state index in [1.807, 2.05) is 27.7 Å². The fraction of sp³-hybridized carbons (Fsp3) is 0.406. The summed E-state index contributed by atoms with van der Waals surface area (Å²) in [4.78, 5) is 12.8. The molecule has 0 bridgehead atoms. The molecule has 195 valence electrons. The van der Waals surface area contributed by atoms with Crippen LogP contribution in [0.25, 0.3) is 0 Å². The number of hydrogen-bond donors (Lipinski definition) is 1. The van der Waals surface area contributed by atoms with Gasteiger partial charge in [-0.25, -0.2) is 0 Å². The lowest BCUT2D eigenvalue weighted by Crippen LogP contribution is -2.48. The Morgan fingerprint density at radius 1 is 0.811 bits per heavy atom. The van der Waals surface area contributed by atoms with E-state index in [1.165, 1.54) is 21.0 Å². The van der Waals surface area contributed by atoms with Crippen molar-refractivity contribution in [1.29, 1.82) is 0 Å². The minimum absolute atomic E-state index is 0.0843. The largest absolute Gasteiger partial charge is 0.356 e. The zero-order chi connectivity index (χ0) is 26.5. The Labute approximate surface area is 223 Å². The summed E-state index contributed by atoms with van der Waals surface area (Å²) in [7, 11) is -1.86. The van der Waals surface area contributed by atoms with Crippen LogP contribution in [0, 0.1) is 5.92 Å². The number of nitrogens with zero attached hydrogens (tertiary/aromatic N) is 1. The molecule has 1 heterocycles. The van der Waals surface area contributed by atoms with Crippen LogP contribution in [0.3, 0.4) is 0 Å². The van der Waals surface area contributed by atoms with Crippen LogP contribution in [-0.4, -0.2) is 34.8 Å². The molecule has 0 spiro atoms. The second kappa shape index (κ2) is 11.5. The first kappa shape index (κ1) is 27.5. The van der Waals surface area contributed by atoms with Crippen LogP contribution in [0.4, 0.5) is 0 Å². The van der Waals surface area contributed by atoms with E-state index in [2.05, 4.69) is 96.3 Å². The van der Waals surface area contributed by atoms with Gasteiger partial charge in [0.2, 0.25) is 5.91 Å². The van der Waals surface area contributed by atoms with Gasteiger partial charge in [-0.2, -0.15) is 0 Å². The van der Waals surface area contributed by atoms with Crippen molar-refractivity contribution in [3.05, 3.63) is 91.0 Å². The third kappa shape index (κ3) is 5.82. The molecule has 1 saturated heterocycles. The van der Waals surface area contributed by atoms with Crippen molar-refractivity contribution >= 4 is 29.1 Å². The molecule has 1 aliphatic heterocycles. The van der Waals surface area contributed by atoms with Gasteiger partial charge in [0, 0.05) is 24.0 Å². The topological polar surface area (TPSA) is 52.2 Å². The third-order valence-corrected chi connectivity index (χ3v) is 12.6. The monoisotopic (exact) mass is 516 g/mol. The fourth-order valence-corrected chi connectivity index (χ4v) is 10.5. The van der Waals surface area contributed by atoms with Gasteiger partial charge in [0.15, 0.2) is 0 Å². The molecule has 0 saturated carbocycles. The highest BCUT2D eigenvalue weighted by molar-refractivity contribution is 7.95. The van der Waals surface area contributed by atoms with E-state index in [9.17, 15) is 10.0 Å². The maximum absolute atomic E-state index is 12.8. The molecule has 1 amide bonds. The predicted molar refractivity (Wildman–Crippen MR) is 156 cm³/mol. The summed E-state index contributed by atoms with van der Waals surface area (Å²) in [6.45, 7) is 8.52. The van der Waals surface area contributed by atoms with E-state index in [0.29, 0.717) is 13.0 Å². The molecule has 1 radical (unpaired) electrons. The smallest absolute Gasteiger partial charge is 0.220 e. The number of rotatable bonds is 10. The SMILES string of the molecule is CC1(C)CC(CNC(=O)CCCC[P+](c2ccccc2)(c2ccccc2)c2ccccc2)C(C)(C)N1[O]. The number of benzene rings is 3. The molecular weight excluding hydrogens is 475 g/mol. The highest BCUT2D eigenvalue weighted by Crippen LogP contribution is 2.56. The molecular formula is C32H41N2O2P+. The summed E-state index contributed by atoms with van der Waals surface area (Å²) in [6, 6.07) is 32.7. The summed E-state index contributed by atoms with van der Waals surface area (Å²) < 4.78 is 0. The van der Waals surface area contributed by atoms with Crippen molar-refractivity contribution in [2.45, 2.75) is 64.5 Å². The Bertz CT molecular complexity index is 1050. The Hall–Kier alpha value is -2.52. The number of carbonyl (C=O) groups excluding carboxylic acids is 1. The van der Waals surface area contributed by atoms with Gasteiger partial charge in [0.1, 0.15) is 23.2 Å². The lowest BCUT2D eigenvalue weighted by molar-refractivity contribution is -0.248. The van der Waals surface area contributed by atoms with Crippen molar-refractivity contribution in [3.8, 4) is 0 Å². The van der Waals surface area contributed by atoms with Gasteiger partial charge in [0.05, 0.1) is 6.16 Å². The Kier molecular flexibility index (Phi) is 8.53. The molecule has 0 aliphatic carbocycles. The number of unbranched alkanes of at least 4 members (excludes halogenated alkanes) is 1. The molecule has 1 atom stereocenters. The molecule has 1 fully saturated rings. The van der Waals surface area contributed by atoms with E-state index in [-0.39, 0.29) is 11.8 Å². The molecule has 3 aromatic carbocycles. The summed E-state index contributed by atoms with van der Waals surface area (Å²) in [5.74, 6) is 0.234. The first-order chi connectivity index (χ1) is 17.7. The summed E-state index contributed by atoms with van der Waals surface area (Å²) in [5.41, 5.74) is -0.861. The Morgan fingerprint density at radius 2 is 1.27 bits per heavy atom. The second-order valence-electron chi connectivity index (χ2n) is 11.5. The van der Waals surface area contributed by atoms with Crippen molar-refractivity contribution in [2.75, 3.05) is 12.7 Å². The zero-order valence-corrected chi connectivity index (χ0v) is 23.6. The van der Waals surface area contributed by atoms with Crippen molar-refractivity contribution < 1.29 is 10.0 Å². The maximum atomic E-state index is 12.8. The van der Waals surface area contributed by atoms with Crippen LogP contribution in [0.2, 0.25) is 0 Å². The highest BCUT2D eigenvalue weighted by atomic mass is 31.2. The first-order valence-electron chi connectivity index (χ1n) is 13.5. The Balaban J connectivity index is 1.44. The number of amides is 1. The molecule has 4 nitrogen and oxygen atoms in total. The van der Waals surface area contributed by atoms with Crippen molar-refractivity contribution in [1.82, 2.24) is 10.4 Å². The van der Waals surface area contributed by atoms with Crippen LogP contribution in [0.5, 0.6) is 0 Å². The normalized spacial score (nSPS) is 19.0. The van der Waals surface area contributed by atoms with Gasteiger partial charge in [0.25, 0.3) is 0 Å².